The highest BCUT2D eigenvalue weighted by Crippen LogP contribution is 2.33. The van der Waals surface area contributed by atoms with Crippen molar-refractivity contribution in [1.82, 2.24) is 15.3 Å². The highest BCUT2D eigenvalue weighted by molar-refractivity contribution is 5.86. The van der Waals surface area contributed by atoms with Gasteiger partial charge in [0.05, 0.1) is 5.56 Å². The van der Waals surface area contributed by atoms with E-state index < -0.39 is 5.97 Å². The largest absolute Gasteiger partial charge is 0.478 e. The molecule has 2 aliphatic heterocycles. The molecule has 0 spiro atoms. The summed E-state index contributed by atoms with van der Waals surface area (Å²) in [5.41, 5.74) is 4.22. The van der Waals surface area contributed by atoms with E-state index in [0.29, 0.717) is 17.8 Å². The molecule has 1 aromatic heterocycles. The number of piperidine rings is 1. The van der Waals surface area contributed by atoms with E-state index in [0.717, 1.165) is 52.0 Å². The summed E-state index contributed by atoms with van der Waals surface area (Å²) in [6.45, 7) is 7.12. The van der Waals surface area contributed by atoms with Gasteiger partial charge >= 0.3 is 5.97 Å². The fourth-order valence-corrected chi connectivity index (χ4v) is 4.30. The quantitative estimate of drug-likeness (QED) is 0.621. The van der Waals surface area contributed by atoms with Crippen LogP contribution in [0.4, 0.5) is 11.6 Å². The maximum absolute atomic E-state index is 10.9. The van der Waals surface area contributed by atoms with Gasteiger partial charge in [-0.3, -0.25) is 0 Å². The van der Waals surface area contributed by atoms with Crippen molar-refractivity contribution < 1.29 is 9.90 Å². The highest BCUT2D eigenvalue weighted by Gasteiger charge is 2.23. The second-order valence-electron chi connectivity index (χ2n) is 8.17. The van der Waals surface area contributed by atoms with E-state index in [1.165, 1.54) is 29.2 Å². The lowest BCUT2D eigenvalue weighted by Gasteiger charge is -2.32. The molecule has 7 heteroatoms. The third kappa shape index (κ3) is 4.67. The van der Waals surface area contributed by atoms with Crippen LogP contribution in [0.5, 0.6) is 0 Å². The maximum Gasteiger partial charge on any atom is 0.338 e. The molecule has 2 aromatic rings. The van der Waals surface area contributed by atoms with Gasteiger partial charge in [0.25, 0.3) is 0 Å². The molecular formula is C22H29N5O2. The van der Waals surface area contributed by atoms with E-state index in [-0.39, 0.29) is 5.56 Å². The van der Waals surface area contributed by atoms with E-state index >= 15 is 0 Å². The van der Waals surface area contributed by atoms with Gasteiger partial charge in [-0.2, -0.15) is 0 Å². The van der Waals surface area contributed by atoms with Gasteiger partial charge < -0.3 is 20.6 Å². The second kappa shape index (κ2) is 8.78. The Bertz CT molecular complexity index is 847. The van der Waals surface area contributed by atoms with Crippen LogP contribution in [0.15, 0.2) is 30.6 Å². The zero-order valence-electron chi connectivity index (χ0n) is 16.9. The summed E-state index contributed by atoms with van der Waals surface area (Å²) in [5.74, 6) is 0.906. The number of carboxylic acid groups (broad SMARTS) is 1. The number of anilines is 2. The first-order valence-corrected chi connectivity index (χ1v) is 10.5. The number of aryl methyl sites for hydroxylation is 1. The van der Waals surface area contributed by atoms with Crippen LogP contribution >= 0.6 is 0 Å². The van der Waals surface area contributed by atoms with Crippen molar-refractivity contribution in [3.05, 3.63) is 47.3 Å². The number of aromatic carboxylic acids is 1. The lowest BCUT2D eigenvalue weighted by atomic mass is 9.95. The van der Waals surface area contributed by atoms with Crippen LogP contribution in [-0.4, -0.2) is 53.8 Å². The Morgan fingerprint density at radius 1 is 1.28 bits per heavy atom. The zero-order valence-corrected chi connectivity index (χ0v) is 16.9. The fraction of sp³-hybridized carbons (Fsp3) is 0.500. The maximum atomic E-state index is 10.9. The van der Waals surface area contributed by atoms with E-state index in [2.05, 4.69) is 50.6 Å². The average molecular weight is 396 g/mol. The number of rotatable bonds is 7. The van der Waals surface area contributed by atoms with Gasteiger partial charge in [-0.05, 0) is 56.8 Å². The molecule has 0 amide bonds. The third-order valence-corrected chi connectivity index (χ3v) is 6.07. The van der Waals surface area contributed by atoms with E-state index in [4.69, 9.17) is 5.11 Å². The standard InChI is InChI=1S/C22H29N5O2/c1-15-2-3-20-19(10-15)17(12-24-20)4-7-23-11-16-5-8-27(9-6-16)22-25-13-18(14-26-22)21(28)29/h2-3,10,13-14,16-17,23-24H,4-9,11-12H2,1H3,(H,28,29). The van der Waals surface area contributed by atoms with Gasteiger partial charge in [0.1, 0.15) is 0 Å². The Kier molecular flexibility index (Phi) is 5.94. The summed E-state index contributed by atoms with van der Waals surface area (Å²) >= 11 is 0. The van der Waals surface area contributed by atoms with Gasteiger partial charge in [-0.25, -0.2) is 14.8 Å². The van der Waals surface area contributed by atoms with Gasteiger partial charge in [0.2, 0.25) is 5.95 Å². The Balaban J connectivity index is 1.17. The molecule has 4 rings (SSSR count). The molecule has 0 aliphatic carbocycles. The van der Waals surface area contributed by atoms with Crippen molar-refractivity contribution in [2.45, 2.75) is 32.1 Å². The number of aromatic nitrogens is 2. The zero-order chi connectivity index (χ0) is 20.2. The van der Waals surface area contributed by atoms with Crippen LogP contribution in [0.2, 0.25) is 0 Å². The van der Waals surface area contributed by atoms with E-state index in [1.807, 2.05) is 0 Å². The summed E-state index contributed by atoms with van der Waals surface area (Å²) in [6, 6.07) is 6.69. The van der Waals surface area contributed by atoms with Gasteiger partial charge in [-0.1, -0.05) is 17.7 Å². The molecule has 0 saturated carbocycles. The molecule has 7 nitrogen and oxygen atoms in total. The summed E-state index contributed by atoms with van der Waals surface area (Å²) in [5, 5.41) is 16.1. The van der Waals surface area contributed by atoms with Crippen LogP contribution in [0.3, 0.4) is 0 Å². The molecule has 0 radical (unpaired) electrons. The molecule has 3 heterocycles. The number of carbonyl (C=O) groups is 1. The summed E-state index contributed by atoms with van der Waals surface area (Å²) in [7, 11) is 0. The Morgan fingerprint density at radius 3 is 2.76 bits per heavy atom. The fourth-order valence-electron chi connectivity index (χ4n) is 4.30. The molecule has 1 atom stereocenters. The van der Waals surface area contributed by atoms with Gasteiger partial charge in [0, 0.05) is 43.6 Å². The van der Waals surface area contributed by atoms with E-state index in [1.54, 1.807) is 0 Å². The predicted octanol–water partition coefficient (Wildman–Crippen LogP) is 2.89. The van der Waals surface area contributed by atoms with Crippen LogP contribution in [-0.2, 0) is 0 Å². The molecule has 1 unspecified atom stereocenters. The average Bonchev–Trinajstić information content (AvgIpc) is 3.14. The number of nitrogens with zero attached hydrogens (tertiary/aromatic N) is 3. The Morgan fingerprint density at radius 2 is 2.03 bits per heavy atom. The molecule has 154 valence electrons. The Hall–Kier alpha value is -2.67. The molecule has 3 N–H and O–H groups in total. The minimum atomic E-state index is -0.992. The highest BCUT2D eigenvalue weighted by atomic mass is 16.4. The van der Waals surface area contributed by atoms with Crippen molar-refractivity contribution in [1.29, 1.82) is 0 Å². The number of hydrogen-bond donors (Lipinski definition) is 3. The van der Waals surface area contributed by atoms with E-state index in [9.17, 15) is 4.79 Å². The monoisotopic (exact) mass is 395 g/mol. The second-order valence-corrected chi connectivity index (χ2v) is 8.17. The first kappa shape index (κ1) is 19.6. The number of carboxylic acids is 1. The van der Waals surface area contributed by atoms with Crippen LogP contribution in [0.1, 0.15) is 46.7 Å². The smallest absolute Gasteiger partial charge is 0.338 e. The molecule has 1 saturated heterocycles. The van der Waals surface area contributed by atoms with Crippen LogP contribution < -0.4 is 15.5 Å². The number of nitrogens with one attached hydrogen (secondary N) is 2. The van der Waals surface area contributed by atoms with Crippen molar-refractivity contribution in [3.8, 4) is 0 Å². The van der Waals surface area contributed by atoms with Crippen LogP contribution in [0, 0.1) is 12.8 Å². The molecule has 1 aromatic carbocycles. The molecule has 0 bridgehead atoms. The SMILES string of the molecule is Cc1ccc2c(c1)C(CCNCC1CCN(c3ncc(C(=O)O)cn3)CC1)CN2. The number of hydrogen-bond acceptors (Lipinski definition) is 6. The normalized spacial score (nSPS) is 19.1. The first-order valence-electron chi connectivity index (χ1n) is 10.5. The summed E-state index contributed by atoms with van der Waals surface area (Å²) < 4.78 is 0. The number of benzene rings is 1. The van der Waals surface area contributed by atoms with Gasteiger partial charge in [0.15, 0.2) is 0 Å². The first-order chi connectivity index (χ1) is 14.1. The summed E-state index contributed by atoms with van der Waals surface area (Å²) in [6.07, 6.45) is 6.13. The van der Waals surface area contributed by atoms with Crippen molar-refractivity contribution in [2.75, 3.05) is 42.9 Å². The Labute approximate surface area is 171 Å². The lowest BCUT2D eigenvalue weighted by molar-refractivity contribution is 0.0696. The molecule has 1 fully saturated rings. The van der Waals surface area contributed by atoms with Crippen molar-refractivity contribution in [3.63, 3.8) is 0 Å². The van der Waals surface area contributed by atoms with Gasteiger partial charge in [-0.15, -0.1) is 0 Å². The van der Waals surface area contributed by atoms with Crippen molar-refractivity contribution in [2.24, 2.45) is 5.92 Å². The number of fused-ring (bicyclic) bond motifs is 1. The topological polar surface area (TPSA) is 90.4 Å². The summed E-state index contributed by atoms with van der Waals surface area (Å²) in [4.78, 5) is 21.5. The molecule has 2 aliphatic rings. The molecular weight excluding hydrogens is 366 g/mol. The minimum absolute atomic E-state index is 0.128. The third-order valence-electron chi connectivity index (χ3n) is 6.07. The lowest BCUT2D eigenvalue weighted by Crippen LogP contribution is -2.38. The minimum Gasteiger partial charge on any atom is -0.478 e. The van der Waals surface area contributed by atoms with Crippen LogP contribution in [0.25, 0.3) is 0 Å². The predicted molar refractivity (Wildman–Crippen MR) is 114 cm³/mol. The van der Waals surface area contributed by atoms with Crippen molar-refractivity contribution >= 4 is 17.6 Å². The molecule has 29 heavy (non-hydrogen) atoms.